The third-order valence-corrected chi connectivity index (χ3v) is 5.63. The van der Waals surface area contributed by atoms with Gasteiger partial charge in [0.25, 0.3) is 0 Å². The molecule has 4 atom stereocenters. The van der Waals surface area contributed by atoms with E-state index in [0.29, 0.717) is 0 Å². The summed E-state index contributed by atoms with van der Waals surface area (Å²) in [4.78, 5) is 14.9. The Hall–Kier alpha value is -2.53. The summed E-state index contributed by atoms with van der Waals surface area (Å²) >= 11 is 0. The van der Waals surface area contributed by atoms with Gasteiger partial charge in [0.1, 0.15) is 5.75 Å². The van der Waals surface area contributed by atoms with Gasteiger partial charge in [-0.15, -0.1) is 0 Å². The van der Waals surface area contributed by atoms with E-state index in [9.17, 15) is 9.90 Å². The number of benzene rings is 2. The zero-order chi connectivity index (χ0) is 21.6. The highest BCUT2D eigenvalue weighted by molar-refractivity contribution is 5.80. The van der Waals surface area contributed by atoms with Gasteiger partial charge in [0.2, 0.25) is 5.91 Å². The third kappa shape index (κ3) is 5.73. The fourth-order valence-electron chi connectivity index (χ4n) is 3.56. The first kappa shape index (κ1) is 22.8. The molecule has 5 heteroatoms. The lowest BCUT2D eigenvalue weighted by Crippen LogP contribution is -2.47. The first-order chi connectivity index (χ1) is 13.8. The first-order valence-electron chi connectivity index (χ1n) is 10.2. The lowest BCUT2D eigenvalue weighted by Gasteiger charge is -2.35. The molecule has 0 aliphatic heterocycles. The Morgan fingerprint density at radius 2 is 1.59 bits per heavy atom. The molecule has 29 heavy (non-hydrogen) atoms. The number of hydrogen-bond acceptors (Lipinski definition) is 4. The molecule has 2 rings (SSSR count). The number of ether oxygens (including phenoxy) is 1. The zero-order valence-corrected chi connectivity index (χ0v) is 18.3. The van der Waals surface area contributed by atoms with Gasteiger partial charge in [-0.1, -0.05) is 51.1 Å². The number of likely N-dealkylation sites (N-methyl/N-ethyl adjacent to an activating group) is 1. The Morgan fingerprint density at radius 3 is 2.10 bits per heavy atom. The smallest absolute Gasteiger partial charge is 0.227 e. The Balaban J connectivity index is 2.10. The van der Waals surface area contributed by atoms with Crippen LogP contribution >= 0.6 is 0 Å². The van der Waals surface area contributed by atoms with Crippen LogP contribution in [0.2, 0.25) is 0 Å². The van der Waals surface area contributed by atoms with Crippen molar-refractivity contribution < 1.29 is 14.6 Å². The summed E-state index contributed by atoms with van der Waals surface area (Å²) in [6.07, 6.45) is -0.732. The van der Waals surface area contributed by atoms with Crippen molar-refractivity contribution in [2.24, 2.45) is 11.8 Å². The van der Waals surface area contributed by atoms with Crippen molar-refractivity contribution >= 4 is 11.6 Å². The predicted molar refractivity (Wildman–Crippen MR) is 118 cm³/mol. The molecule has 0 bridgehead atoms. The number of carbonyl (C=O) groups excluding carboxylic acids is 1. The second-order valence-corrected chi connectivity index (χ2v) is 7.98. The van der Waals surface area contributed by atoms with Crippen LogP contribution in [-0.2, 0) is 4.79 Å². The van der Waals surface area contributed by atoms with Crippen molar-refractivity contribution in [3.05, 3.63) is 60.2 Å². The maximum Gasteiger partial charge on any atom is 0.227 e. The normalized spacial score (nSPS) is 15.3. The molecule has 0 aromatic heterocycles. The minimum atomic E-state index is -0.732. The summed E-state index contributed by atoms with van der Waals surface area (Å²) in [6, 6.07) is 16.8. The van der Waals surface area contributed by atoms with Crippen molar-refractivity contribution in [2.45, 2.75) is 45.9 Å². The van der Waals surface area contributed by atoms with Crippen LogP contribution in [0.5, 0.6) is 5.75 Å². The minimum Gasteiger partial charge on any atom is -0.497 e. The number of rotatable bonds is 9. The van der Waals surface area contributed by atoms with Crippen molar-refractivity contribution in [2.75, 3.05) is 19.5 Å². The topological polar surface area (TPSA) is 61.8 Å². The van der Waals surface area contributed by atoms with Crippen LogP contribution in [0.1, 0.15) is 39.4 Å². The van der Waals surface area contributed by atoms with E-state index in [2.05, 4.69) is 19.2 Å². The molecule has 1 amide bonds. The molecule has 0 fully saturated rings. The monoisotopic (exact) mass is 398 g/mol. The van der Waals surface area contributed by atoms with Gasteiger partial charge in [0, 0.05) is 18.8 Å². The van der Waals surface area contributed by atoms with Gasteiger partial charge in [0.15, 0.2) is 0 Å². The summed E-state index contributed by atoms with van der Waals surface area (Å²) in [5, 5.41) is 14.2. The van der Waals surface area contributed by atoms with Crippen molar-refractivity contribution in [3.8, 4) is 5.75 Å². The third-order valence-electron chi connectivity index (χ3n) is 5.63. The fraction of sp³-hybridized carbons (Fsp3) is 0.458. The van der Waals surface area contributed by atoms with Crippen LogP contribution < -0.4 is 10.1 Å². The minimum absolute atomic E-state index is 0.00666. The quantitative estimate of drug-likeness (QED) is 0.659. The van der Waals surface area contributed by atoms with Crippen LogP contribution in [0.15, 0.2) is 54.6 Å². The average molecular weight is 399 g/mol. The van der Waals surface area contributed by atoms with Crippen LogP contribution in [-0.4, -0.2) is 42.2 Å². The van der Waals surface area contributed by atoms with E-state index >= 15 is 0 Å². The van der Waals surface area contributed by atoms with E-state index in [-0.39, 0.29) is 29.8 Å². The number of nitrogens with zero attached hydrogens (tertiary/aromatic N) is 1. The van der Waals surface area contributed by atoms with Crippen molar-refractivity contribution in [1.82, 2.24) is 4.90 Å². The molecule has 158 valence electrons. The fourth-order valence-corrected chi connectivity index (χ4v) is 3.56. The Labute approximate surface area is 174 Å². The molecule has 2 N–H and O–H groups in total. The molecule has 0 aliphatic carbocycles. The van der Waals surface area contributed by atoms with E-state index in [1.165, 1.54) is 0 Å². The lowest BCUT2D eigenvalue weighted by molar-refractivity contribution is -0.138. The van der Waals surface area contributed by atoms with E-state index in [1.54, 1.807) is 19.1 Å². The number of amides is 1. The SMILES string of the molecule is COc1ccc(N[C@H](C(C)C)[C@@H](C)C(=O)N(C)[C@@H](C)[C@@H](O)c2ccccc2)cc1. The van der Waals surface area contributed by atoms with E-state index in [4.69, 9.17) is 4.74 Å². The highest BCUT2D eigenvalue weighted by Crippen LogP contribution is 2.25. The van der Waals surface area contributed by atoms with E-state index in [0.717, 1.165) is 17.0 Å². The van der Waals surface area contributed by atoms with Gasteiger partial charge in [-0.25, -0.2) is 0 Å². The second-order valence-electron chi connectivity index (χ2n) is 7.98. The zero-order valence-electron chi connectivity index (χ0n) is 18.3. The van der Waals surface area contributed by atoms with Crippen LogP contribution in [0.3, 0.4) is 0 Å². The summed E-state index contributed by atoms with van der Waals surface area (Å²) in [7, 11) is 3.40. The van der Waals surface area contributed by atoms with Crippen LogP contribution in [0, 0.1) is 11.8 Å². The molecule has 2 aromatic rings. The average Bonchev–Trinajstić information content (AvgIpc) is 2.75. The molecule has 0 aliphatic rings. The Bertz CT molecular complexity index is 761. The number of nitrogens with one attached hydrogen (secondary N) is 1. The maximum atomic E-state index is 13.2. The van der Waals surface area contributed by atoms with Gasteiger partial charge in [-0.05, 0) is 42.7 Å². The standard InChI is InChI=1S/C24H34N2O3/c1-16(2)22(25-20-12-14-21(29-6)15-13-20)17(3)24(28)26(5)18(4)23(27)19-10-8-7-9-11-19/h7-18,22-23,25,27H,1-6H3/t17-,18+,22-,23-/m1/s1. The van der Waals surface area contributed by atoms with Gasteiger partial charge in [-0.3, -0.25) is 4.79 Å². The number of aliphatic hydroxyl groups is 1. The Morgan fingerprint density at radius 1 is 1.00 bits per heavy atom. The molecular formula is C24H34N2O3. The summed E-state index contributed by atoms with van der Waals surface area (Å²) in [5.41, 5.74) is 1.76. The van der Waals surface area contributed by atoms with Gasteiger partial charge in [0.05, 0.1) is 25.2 Å². The molecule has 0 spiro atoms. The van der Waals surface area contributed by atoms with Gasteiger partial charge in [-0.2, -0.15) is 0 Å². The second kappa shape index (κ2) is 10.3. The van der Waals surface area contributed by atoms with Crippen LogP contribution in [0.4, 0.5) is 5.69 Å². The molecular weight excluding hydrogens is 364 g/mol. The van der Waals surface area contributed by atoms with E-state index in [1.807, 2.05) is 68.4 Å². The molecule has 5 nitrogen and oxygen atoms in total. The van der Waals surface area contributed by atoms with Gasteiger partial charge >= 0.3 is 0 Å². The maximum absolute atomic E-state index is 13.2. The summed E-state index contributed by atoms with van der Waals surface area (Å²) in [5.74, 6) is 0.794. The number of methoxy groups -OCH3 is 1. The lowest BCUT2D eigenvalue weighted by atomic mass is 9.89. The first-order valence-corrected chi connectivity index (χ1v) is 10.2. The predicted octanol–water partition coefficient (Wildman–Crippen LogP) is 4.35. The summed E-state index contributed by atoms with van der Waals surface area (Å²) < 4.78 is 5.21. The molecule has 2 aromatic carbocycles. The van der Waals surface area contributed by atoms with Gasteiger partial charge < -0.3 is 20.1 Å². The Kier molecular flexibility index (Phi) is 8.09. The van der Waals surface area contributed by atoms with E-state index < -0.39 is 6.10 Å². The highest BCUT2D eigenvalue weighted by Gasteiger charge is 2.32. The largest absolute Gasteiger partial charge is 0.497 e. The van der Waals surface area contributed by atoms with Crippen molar-refractivity contribution in [1.29, 1.82) is 0 Å². The number of aliphatic hydroxyl groups excluding tert-OH is 1. The molecule has 0 unspecified atom stereocenters. The summed E-state index contributed by atoms with van der Waals surface area (Å²) in [6.45, 7) is 8.03. The molecule has 0 saturated heterocycles. The number of carbonyl (C=O) groups is 1. The molecule has 0 heterocycles. The molecule has 0 radical (unpaired) electrons. The number of anilines is 1. The van der Waals surface area contributed by atoms with Crippen LogP contribution in [0.25, 0.3) is 0 Å². The van der Waals surface area contributed by atoms with Crippen molar-refractivity contribution in [3.63, 3.8) is 0 Å². The molecule has 0 saturated carbocycles. The number of hydrogen-bond donors (Lipinski definition) is 2. The highest BCUT2D eigenvalue weighted by atomic mass is 16.5.